The molecular formula is C13H15N3O4S. The number of nitro groups is 1. The van der Waals surface area contributed by atoms with Crippen molar-refractivity contribution in [1.82, 2.24) is 4.98 Å². The molecule has 1 aromatic heterocycles. The summed E-state index contributed by atoms with van der Waals surface area (Å²) in [6.07, 6.45) is 0.689. The van der Waals surface area contributed by atoms with Crippen LogP contribution in [0, 0.1) is 10.1 Å². The van der Waals surface area contributed by atoms with Crippen LogP contribution in [-0.4, -0.2) is 30.7 Å². The van der Waals surface area contributed by atoms with Crippen LogP contribution in [0.4, 0.5) is 11.4 Å². The summed E-state index contributed by atoms with van der Waals surface area (Å²) >= 11 is 1.52. The van der Waals surface area contributed by atoms with E-state index in [1.807, 2.05) is 5.38 Å². The second-order valence-corrected chi connectivity index (χ2v) is 4.86. The third kappa shape index (κ3) is 3.60. The fourth-order valence-electron chi connectivity index (χ4n) is 1.85. The number of nitrogens with zero attached hydrogens (tertiary/aromatic N) is 2. The van der Waals surface area contributed by atoms with Crippen LogP contribution in [-0.2, 0) is 6.42 Å². The van der Waals surface area contributed by atoms with Gasteiger partial charge in [0.15, 0.2) is 11.5 Å². The molecule has 0 aliphatic rings. The Labute approximate surface area is 125 Å². The molecule has 112 valence electrons. The molecule has 0 radical (unpaired) electrons. The minimum Gasteiger partial charge on any atom is -0.493 e. The van der Waals surface area contributed by atoms with E-state index in [1.54, 1.807) is 11.6 Å². The lowest BCUT2D eigenvalue weighted by atomic mass is 10.2. The summed E-state index contributed by atoms with van der Waals surface area (Å²) < 4.78 is 10.2. The molecule has 0 unspecified atom stereocenters. The molecule has 0 aliphatic heterocycles. The third-order valence-corrected chi connectivity index (χ3v) is 3.51. The number of hydrogen-bond donors (Lipinski definition) is 1. The Morgan fingerprint density at radius 3 is 2.62 bits per heavy atom. The van der Waals surface area contributed by atoms with E-state index in [0.717, 1.165) is 5.69 Å². The minimum atomic E-state index is -0.451. The zero-order valence-electron chi connectivity index (χ0n) is 11.7. The van der Waals surface area contributed by atoms with Crippen molar-refractivity contribution >= 4 is 22.7 Å². The van der Waals surface area contributed by atoms with Crippen molar-refractivity contribution in [3.63, 3.8) is 0 Å². The van der Waals surface area contributed by atoms with Crippen molar-refractivity contribution in [2.75, 3.05) is 26.1 Å². The number of ether oxygens (including phenoxy) is 2. The molecule has 1 aromatic carbocycles. The highest BCUT2D eigenvalue weighted by Crippen LogP contribution is 2.37. The maximum Gasteiger partial charge on any atom is 0.296 e. The minimum absolute atomic E-state index is 0.0501. The smallest absolute Gasteiger partial charge is 0.296 e. The first-order chi connectivity index (χ1) is 10.2. The van der Waals surface area contributed by atoms with Gasteiger partial charge < -0.3 is 14.8 Å². The number of rotatable bonds is 7. The van der Waals surface area contributed by atoms with Gasteiger partial charge in [0.2, 0.25) is 0 Å². The molecule has 2 aromatic rings. The molecule has 8 heteroatoms. The summed E-state index contributed by atoms with van der Waals surface area (Å²) in [6.45, 7) is 0.542. The molecule has 0 fully saturated rings. The number of thiazole rings is 1. The van der Waals surface area contributed by atoms with Crippen LogP contribution in [0.1, 0.15) is 5.69 Å². The van der Waals surface area contributed by atoms with Crippen LogP contribution in [0.5, 0.6) is 11.5 Å². The molecule has 1 N–H and O–H groups in total. The van der Waals surface area contributed by atoms with E-state index in [-0.39, 0.29) is 5.69 Å². The summed E-state index contributed by atoms with van der Waals surface area (Å²) in [4.78, 5) is 14.9. The third-order valence-electron chi connectivity index (χ3n) is 2.88. The van der Waals surface area contributed by atoms with E-state index in [9.17, 15) is 10.1 Å². The first-order valence-electron chi connectivity index (χ1n) is 6.17. The predicted molar refractivity (Wildman–Crippen MR) is 80.5 cm³/mol. The average Bonchev–Trinajstić information content (AvgIpc) is 2.99. The van der Waals surface area contributed by atoms with Crippen molar-refractivity contribution < 1.29 is 14.4 Å². The van der Waals surface area contributed by atoms with E-state index in [1.165, 1.54) is 31.6 Å². The van der Waals surface area contributed by atoms with E-state index < -0.39 is 4.92 Å². The number of aromatic nitrogens is 1. The van der Waals surface area contributed by atoms with Crippen molar-refractivity contribution in [1.29, 1.82) is 0 Å². The van der Waals surface area contributed by atoms with Crippen molar-refractivity contribution in [3.05, 3.63) is 38.8 Å². The van der Waals surface area contributed by atoms with E-state index in [2.05, 4.69) is 10.3 Å². The van der Waals surface area contributed by atoms with Crippen LogP contribution >= 0.6 is 11.3 Å². The topological polar surface area (TPSA) is 86.5 Å². The molecule has 0 aliphatic carbocycles. The summed E-state index contributed by atoms with van der Waals surface area (Å²) in [5.41, 5.74) is 3.06. The Morgan fingerprint density at radius 1 is 1.33 bits per heavy atom. The number of nitro benzene ring substituents is 1. The number of hydrogen-bond acceptors (Lipinski definition) is 7. The highest BCUT2D eigenvalue weighted by molar-refractivity contribution is 7.07. The molecule has 0 saturated heterocycles. The summed E-state index contributed by atoms with van der Waals surface area (Å²) in [5.74, 6) is 0.772. The Balaban J connectivity index is 2.17. The number of benzene rings is 1. The fraction of sp³-hybridized carbons (Fsp3) is 0.308. The first kappa shape index (κ1) is 15.0. The number of methoxy groups -OCH3 is 2. The quantitative estimate of drug-likeness (QED) is 0.625. The Kier molecular flexibility index (Phi) is 4.94. The van der Waals surface area contributed by atoms with E-state index in [0.29, 0.717) is 30.2 Å². The maximum atomic E-state index is 11.1. The van der Waals surface area contributed by atoms with Crippen molar-refractivity contribution in [3.8, 4) is 11.5 Å². The summed E-state index contributed by atoms with van der Waals surface area (Å²) in [5, 5.41) is 16.1. The van der Waals surface area contributed by atoms with Gasteiger partial charge in [-0.3, -0.25) is 10.1 Å². The Morgan fingerprint density at radius 2 is 2.05 bits per heavy atom. The molecule has 0 saturated carbocycles. The van der Waals surface area contributed by atoms with Crippen LogP contribution in [0.2, 0.25) is 0 Å². The predicted octanol–water partition coefficient (Wildman–Crippen LogP) is 2.72. The van der Waals surface area contributed by atoms with Gasteiger partial charge in [-0.05, 0) is 0 Å². The molecule has 0 bridgehead atoms. The Bertz CT molecular complexity index is 616. The lowest BCUT2D eigenvalue weighted by Gasteiger charge is -2.11. The molecule has 0 spiro atoms. The lowest BCUT2D eigenvalue weighted by molar-refractivity contribution is -0.384. The largest absolute Gasteiger partial charge is 0.493 e. The highest BCUT2D eigenvalue weighted by atomic mass is 32.1. The van der Waals surface area contributed by atoms with Gasteiger partial charge >= 0.3 is 0 Å². The molecule has 21 heavy (non-hydrogen) atoms. The van der Waals surface area contributed by atoms with Crippen molar-refractivity contribution in [2.24, 2.45) is 0 Å². The van der Waals surface area contributed by atoms with Gasteiger partial charge in [0.05, 0.1) is 36.4 Å². The van der Waals surface area contributed by atoms with Gasteiger partial charge in [0.25, 0.3) is 5.69 Å². The molecule has 7 nitrogen and oxygen atoms in total. The van der Waals surface area contributed by atoms with Gasteiger partial charge in [-0.2, -0.15) is 0 Å². The summed E-state index contributed by atoms with van der Waals surface area (Å²) in [7, 11) is 2.93. The zero-order chi connectivity index (χ0) is 15.2. The monoisotopic (exact) mass is 309 g/mol. The molecule has 2 rings (SSSR count). The molecular weight excluding hydrogens is 294 g/mol. The van der Waals surface area contributed by atoms with Crippen LogP contribution in [0.15, 0.2) is 23.0 Å². The first-order valence-corrected chi connectivity index (χ1v) is 7.11. The van der Waals surface area contributed by atoms with Crippen LogP contribution < -0.4 is 14.8 Å². The SMILES string of the molecule is COc1cc(NCCc2cscn2)c([N+](=O)[O-])cc1OC. The second kappa shape index (κ2) is 6.89. The van der Waals surface area contributed by atoms with E-state index >= 15 is 0 Å². The van der Waals surface area contributed by atoms with E-state index in [4.69, 9.17) is 9.47 Å². The van der Waals surface area contributed by atoms with Gasteiger partial charge in [-0.25, -0.2) is 4.98 Å². The fourth-order valence-corrected chi connectivity index (χ4v) is 2.44. The average molecular weight is 309 g/mol. The number of nitrogens with one attached hydrogen (secondary N) is 1. The second-order valence-electron chi connectivity index (χ2n) is 4.14. The van der Waals surface area contributed by atoms with Gasteiger partial charge in [-0.15, -0.1) is 11.3 Å². The number of anilines is 1. The standard InChI is InChI=1S/C13H15N3O4S/c1-19-12-5-10(11(16(17)18)6-13(12)20-2)14-4-3-9-7-21-8-15-9/h5-8,14H,3-4H2,1-2H3. The molecule has 0 amide bonds. The van der Waals surface area contributed by atoms with Crippen molar-refractivity contribution in [2.45, 2.75) is 6.42 Å². The molecule has 1 heterocycles. The van der Waals surface area contributed by atoms with Crippen LogP contribution in [0.25, 0.3) is 0 Å². The highest BCUT2D eigenvalue weighted by Gasteiger charge is 2.19. The molecule has 0 atom stereocenters. The van der Waals surface area contributed by atoms with Crippen LogP contribution in [0.3, 0.4) is 0 Å². The normalized spacial score (nSPS) is 10.2. The van der Waals surface area contributed by atoms with Gasteiger partial charge in [-0.1, -0.05) is 0 Å². The van der Waals surface area contributed by atoms with Gasteiger partial charge in [0.1, 0.15) is 5.69 Å². The maximum absolute atomic E-state index is 11.1. The Hall–Kier alpha value is -2.35. The lowest BCUT2D eigenvalue weighted by Crippen LogP contribution is -2.07. The van der Waals surface area contributed by atoms with Gasteiger partial charge in [0, 0.05) is 24.4 Å². The summed E-state index contributed by atoms with van der Waals surface area (Å²) in [6, 6.07) is 2.92. The zero-order valence-corrected chi connectivity index (χ0v) is 12.5.